The van der Waals surface area contributed by atoms with E-state index in [0.29, 0.717) is 0 Å². The SMILES string of the molecule is C1CC(N2CCC(CNC3CC3)C2)C1. The molecule has 0 radical (unpaired) electrons. The molecule has 1 saturated heterocycles. The van der Waals surface area contributed by atoms with E-state index in [1.165, 1.54) is 58.2 Å². The van der Waals surface area contributed by atoms with E-state index in [4.69, 9.17) is 0 Å². The van der Waals surface area contributed by atoms with Gasteiger partial charge >= 0.3 is 0 Å². The lowest BCUT2D eigenvalue weighted by molar-refractivity contribution is 0.153. The molecule has 2 heteroatoms. The molecule has 1 N–H and O–H groups in total. The maximum atomic E-state index is 3.67. The summed E-state index contributed by atoms with van der Waals surface area (Å²) in [6.45, 7) is 4.04. The fourth-order valence-corrected chi connectivity index (χ4v) is 2.73. The largest absolute Gasteiger partial charge is 0.314 e. The van der Waals surface area contributed by atoms with Crippen molar-refractivity contribution in [2.24, 2.45) is 5.92 Å². The number of nitrogens with one attached hydrogen (secondary N) is 1. The first-order chi connectivity index (χ1) is 6.92. The van der Waals surface area contributed by atoms with Crippen molar-refractivity contribution in [1.82, 2.24) is 10.2 Å². The zero-order valence-electron chi connectivity index (χ0n) is 9.04. The second-order valence-corrected chi connectivity index (χ2v) is 5.42. The molecular weight excluding hydrogens is 172 g/mol. The predicted octanol–water partition coefficient (Wildman–Crippen LogP) is 1.61. The molecule has 14 heavy (non-hydrogen) atoms. The normalized spacial score (nSPS) is 34.7. The van der Waals surface area contributed by atoms with Crippen LogP contribution < -0.4 is 5.32 Å². The Morgan fingerprint density at radius 1 is 1.07 bits per heavy atom. The molecule has 1 unspecified atom stereocenters. The Morgan fingerprint density at radius 3 is 2.57 bits per heavy atom. The van der Waals surface area contributed by atoms with Crippen molar-refractivity contribution in [3.63, 3.8) is 0 Å². The van der Waals surface area contributed by atoms with Gasteiger partial charge < -0.3 is 10.2 Å². The van der Waals surface area contributed by atoms with Crippen LogP contribution in [0.3, 0.4) is 0 Å². The molecule has 2 nitrogen and oxygen atoms in total. The van der Waals surface area contributed by atoms with Gasteiger partial charge in [0.2, 0.25) is 0 Å². The van der Waals surface area contributed by atoms with E-state index < -0.39 is 0 Å². The van der Waals surface area contributed by atoms with Crippen LogP contribution in [0, 0.1) is 5.92 Å². The smallest absolute Gasteiger partial charge is 0.00954 e. The molecule has 3 fully saturated rings. The van der Waals surface area contributed by atoms with Crippen molar-refractivity contribution >= 4 is 0 Å². The summed E-state index contributed by atoms with van der Waals surface area (Å²) in [4.78, 5) is 2.74. The van der Waals surface area contributed by atoms with Crippen LogP contribution >= 0.6 is 0 Å². The third-order valence-electron chi connectivity index (χ3n) is 4.18. The molecular formula is C12H22N2. The molecule has 2 aliphatic carbocycles. The average molecular weight is 194 g/mol. The number of hydrogen-bond acceptors (Lipinski definition) is 2. The van der Waals surface area contributed by atoms with Crippen LogP contribution in [0.1, 0.15) is 38.5 Å². The molecule has 3 aliphatic rings. The van der Waals surface area contributed by atoms with Crippen LogP contribution in [-0.4, -0.2) is 36.6 Å². The first kappa shape index (κ1) is 9.17. The van der Waals surface area contributed by atoms with E-state index in [2.05, 4.69) is 10.2 Å². The lowest BCUT2D eigenvalue weighted by Gasteiger charge is -2.34. The van der Waals surface area contributed by atoms with Crippen LogP contribution in [0.15, 0.2) is 0 Å². The Kier molecular flexibility index (Phi) is 2.50. The minimum Gasteiger partial charge on any atom is -0.314 e. The number of likely N-dealkylation sites (tertiary alicyclic amines) is 1. The maximum Gasteiger partial charge on any atom is 0.00954 e. The van der Waals surface area contributed by atoms with Gasteiger partial charge in [0.05, 0.1) is 0 Å². The molecule has 0 spiro atoms. The van der Waals surface area contributed by atoms with Gasteiger partial charge in [-0.1, -0.05) is 6.42 Å². The van der Waals surface area contributed by atoms with Gasteiger partial charge in [0, 0.05) is 18.6 Å². The highest BCUT2D eigenvalue weighted by atomic mass is 15.2. The summed E-state index contributed by atoms with van der Waals surface area (Å²) >= 11 is 0. The van der Waals surface area contributed by atoms with E-state index in [1.54, 1.807) is 0 Å². The molecule has 1 aliphatic heterocycles. The molecule has 0 aromatic rings. The van der Waals surface area contributed by atoms with Crippen molar-refractivity contribution < 1.29 is 0 Å². The summed E-state index contributed by atoms with van der Waals surface area (Å²) in [6, 6.07) is 1.87. The fourth-order valence-electron chi connectivity index (χ4n) is 2.73. The van der Waals surface area contributed by atoms with E-state index in [9.17, 15) is 0 Å². The summed E-state index contributed by atoms with van der Waals surface area (Å²) in [5.41, 5.74) is 0. The zero-order chi connectivity index (χ0) is 9.38. The molecule has 0 bridgehead atoms. The number of hydrogen-bond donors (Lipinski definition) is 1. The predicted molar refractivity (Wildman–Crippen MR) is 58.3 cm³/mol. The molecule has 1 atom stereocenters. The van der Waals surface area contributed by atoms with Crippen LogP contribution in [0.25, 0.3) is 0 Å². The third-order valence-corrected chi connectivity index (χ3v) is 4.18. The van der Waals surface area contributed by atoms with Crippen molar-refractivity contribution in [2.45, 2.75) is 50.6 Å². The van der Waals surface area contributed by atoms with Crippen LogP contribution in [0.2, 0.25) is 0 Å². The molecule has 3 rings (SSSR count). The maximum absolute atomic E-state index is 3.67. The molecule has 0 amide bonds. The minimum absolute atomic E-state index is 0.896. The van der Waals surface area contributed by atoms with Crippen molar-refractivity contribution in [2.75, 3.05) is 19.6 Å². The summed E-state index contributed by atoms with van der Waals surface area (Å²) < 4.78 is 0. The Bertz CT molecular complexity index is 196. The van der Waals surface area contributed by atoms with Gasteiger partial charge in [0.1, 0.15) is 0 Å². The van der Waals surface area contributed by atoms with Crippen LogP contribution in [-0.2, 0) is 0 Å². The van der Waals surface area contributed by atoms with Gasteiger partial charge in [-0.15, -0.1) is 0 Å². The van der Waals surface area contributed by atoms with Crippen molar-refractivity contribution in [3.05, 3.63) is 0 Å². The summed E-state index contributed by atoms with van der Waals surface area (Å²) in [5.74, 6) is 0.955. The van der Waals surface area contributed by atoms with E-state index in [1.807, 2.05) is 0 Å². The van der Waals surface area contributed by atoms with E-state index >= 15 is 0 Å². The number of rotatable bonds is 4. The zero-order valence-corrected chi connectivity index (χ0v) is 9.04. The summed E-state index contributed by atoms with van der Waals surface area (Å²) in [7, 11) is 0. The van der Waals surface area contributed by atoms with Crippen molar-refractivity contribution in [3.8, 4) is 0 Å². The first-order valence-electron chi connectivity index (χ1n) is 6.39. The molecule has 0 aromatic heterocycles. The molecule has 0 aromatic carbocycles. The summed E-state index contributed by atoms with van der Waals surface area (Å²) in [5, 5.41) is 3.67. The van der Waals surface area contributed by atoms with Gasteiger partial charge in [0.15, 0.2) is 0 Å². The first-order valence-corrected chi connectivity index (χ1v) is 6.39. The summed E-state index contributed by atoms with van der Waals surface area (Å²) in [6.07, 6.45) is 8.73. The molecule has 80 valence electrons. The quantitative estimate of drug-likeness (QED) is 0.731. The Balaban J connectivity index is 1.39. The fraction of sp³-hybridized carbons (Fsp3) is 1.00. The van der Waals surface area contributed by atoms with Gasteiger partial charge in [-0.25, -0.2) is 0 Å². The number of nitrogens with zero attached hydrogens (tertiary/aromatic N) is 1. The minimum atomic E-state index is 0.896. The Labute approximate surface area is 87.0 Å². The van der Waals surface area contributed by atoms with Gasteiger partial charge in [-0.3, -0.25) is 0 Å². The lowest BCUT2D eigenvalue weighted by atomic mass is 9.92. The topological polar surface area (TPSA) is 15.3 Å². The monoisotopic (exact) mass is 194 g/mol. The lowest BCUT2D eigenvalue weighted by Crippen LogP contribution is -2.39. The second-order valence-electron chi connectivity index (χ2n) is 5.42. The van der Waals surface area contributed by atoms with Crippen LogP contribution in [0.5, 0.6) is 0 Å². The Morgan fingerprint density at radius 2 is 1.93 bits per heavy atom. The second kappa shape index (κ2) is 3.82. The van der Waals surface area contributed by atoms with Crippen LogP contribution in [0.4, 0.5) is 0 Å². The Hall–Kier alpha value is -0.0800. The van der Waals surface area contributed by atoms with Gasteiger partial charge in [-0.2, -0.15) is 0 Å². The van der Waals surface area contributed by atoms with Gasteiger partial charge in [0.25, 0.3) is 0 Å². The highest BCUT2D eigenvalue weighted by molar-refractivity contribution is 4.88. The average Bonchev–Trinajstić information content (AvgIpc) is 2.82. The third kappa shape index (κ3) is 1.96. The highest BCUT2D eigenvalue weighted by Crippen LogP contribution is 2.29. The van der Waals surface area contributed by atoms with E-state index in [0.717, 1.165) is 18.0 Å². The highest BCUT2D eigenvalue weighted by Gasteiger charge is 2.32. The molecule has 2 saturated carbocycles. The molecule has 1 heterocycles. The van der Waals surface area contributed by atoms with Crippen molar-refractivity contribution in [1.29, 1.82) is 0 Å². The standard InChI is InChI=1S/C12H22N2/c1-2-12(3-1)14-7-6-10(9-14)8-13-11-4-5-11/h10-13H,1-9H2. The van der Waals surface area contributed by atoms with Gasteiger partial charge in [-0.05, 0) is 51.1 Å². The van der Waals surface area contributed by atoms with E-state index in [-0.39, 0.29) is 0 Å².